The van der Waals surface area contributed by atoms with Gasteiger partial charge in [0.25, 0.3) is 11.8 Å². The average molecular weight is 439 g/mol. The number of amides is 3. The van der Waals surface area contributed by atoms with E-state index in [2.05, 4.69) is 25.6 Å². The van der Waals surface area contributed by atoms with Crippen molar-refractivity contribution in [3.63, 3.8) is 0 Å². The number of carboxylic acids is 1. The number of aldehydes is 1. The minimum absolute atomic E-state index is 0.00353. The molecule has 14 heteroatoms. The first kappa shape index (κ1) is 20.5. The Balaban J connectivity index is 1.78. The van der Waals surface area contributed by atoms with Crippen molar-refractivity contribution < 1.29 is 33.9 Å². The van der Waals surface area contributed by atoms with Crippen LogP contribution in [0, 0.1) is 0 Å². The zero-order valence-electron chi connectivity index (χ0n) is 14.6. The zero-order valence-corrected chi connectivity index (χ0v) is 16.3. The molecule has 0 bridgehead atoms. The second-order valence-corrected chi connectivity index (χ2v) is 7.54. The zero-order chi connectivity index (χ0) is 21.1. The minimum atomic E-state index is -1.39. The van der Waals surface area contributed by atoms with Crippen LogP contribution >= 0.6 is 23.1 Å². The molecule has 1 aromatic heterocycles. The lowest BCUT2D eigenvalue weighted by molar-refractivity contribution is -0.150. The van der Waals surface area contributed by atoms with Crippen molar-refractivity contribution in [1.82, 2.24) is 15.2 Å². The van der Waals surface area contributed by atoms with Crippen molar-refractivity contribution in [2.24, 2.45) is 5.16 Å². The quantitative estimate of drug-likeness (QED) is 0.199. The molecule has 2 aliphatic rings. The van der Waals surface area contributed by atoms with E-state index in [0.717, 1.165) is 28.0 Å². The summed E-state index contributed by atoms with van der Waals surface area (Å²) in [6, 6.07) is -1.01. The fourth-order valence-electron chi connectivity index (χ4n) is 2.74. The molecule has 1 unspecified atom stereocenters. The van der Waals surface area contributed by atoms with E-state index in [1.54, 1.807) is 0 Å². The van der Waals surface area contributed by atoms with Gasteiger partial charge >= 0.3 is 5.97 Å². The molecule has 1 saturated heterocycles. The van der Waals surface area contributed by atoms with E-state index in [9.17, 15) is 29.1 Å². The van der Waals surface area contributed by atoms with Gasteiger partial charge in [-0.3, -0.25) is 24.1 Å². The third kappa shape index (κ3) is 3.71. The fourth-order valence-corrected chi connectivity index (χ4v) is 4.68. The summed E-state index contributed by atoms with van der Waals surface area (Å²) in [4.78, 5) is 67.8. The maximum atomic E-state index is 12.6. The van der Waals surface area contributed by atoms with E-state index in [1.807, 2.05) is 0 Å². The first-order valence-electron chi connectivity index (χ1n) is 7.87. The van der Waals surface area contributed by atoms with E-state index in [0.29, 0.717) is 12.7 Å². The molecule has 2 atom stereocenters. The molecule has 0 saturated carbocycles. The van der Waals surface area contributed by atoms with Gasteiger partial charge in [-0.25, -0.2) is 9.78 Å². The molecule has 0 radical (unpaired) electrons. The number of hydrogen-bond acceptors (Lipinski definition) is 10. The first-order chi connectivity index (χ1) is 13.9. The number of rotatable bonds is 8. The normalized spacial score (nSPS) is 21.1. The predicted molar refractivity (Wildman–Crippen MR) is 101 cm³/mol. The monoisotopic (exact) mass is 439 g/mol. The van der Waals surface area contributed by atoms with Crippen LogP contribution in [-0.4, -0.2) is 75.5 Å². The highest BCUT2D eigenvalue weighted by Gasteiger charge is 2.54. The van der Waals surface area contributed by atoms with Crippen LogP contribution < -0.4 is 10.6 Å². The van der Waals surface area contributed by atoms with E-state index < -0.39 is 29.2 Å². The standard InChI is InChI=1S/C15H13N5O7S2/c1-27-19-8(7-4-29-15(17-7)16-5-22)11(23)18-9-12(24)20-10(14(25)26)6(2-21)3-28-13(9)20/h2,4-5,9,13H,3H2,1H3,(H,18,23)(H,25,26)(H,16,17,22)/t9?,13-/m1/s1. The Labute approximate surface area is 171 Å². The summed E-state index contributed by atoms with van der Waals surface area (Å²) in [6.07, 6.45) is 0.835. The number of carboxylic acid groups (broad SMARTS) is 1. The largest absolute Gasteiger partial charge is 0.477 e. The predicted octanol–water partition coefficient (Wildman–Crippen LogP) is -1.00. The summed E-state index contributed by atoms with van der Waals surface area (Å²) >= 11 is 2.21. The Kier molecular flexibility index (Phi) is 5.93. The van der Waals surface area contributed by atoms with Gasteiger partial charge in [0.15, 0.2) is 10.8 Å². The summed E-state index contributed by atoms with van der Waals surface area (Å²) in [5.41, 5.74) is -0.490. The van der Waals surface area contributed by atoms with Crippen LogP contribution in [0.5, 0.6) is 0 Å². The number of aliphatic carboxylic acids is 1. The Bertz CT molecular complexity index is 957. The van der Waals surface area contributed by atoms with Gasteiger partial charge in [0, 0.05) is 16.7 Å². The van der Waals surface area contributed by atoms with Crippen LogP contribution in [0.2, 0.25) is 0 Å². The number of nitrogens with one attached hydrogen (secondary N) is 2. The van der Waals surface area contributed by atoms with Gasteiger partial charge in [-0.1, -0.05) is 5.16 Å². The fraction of sp³-hybridized carbons (Fsp3) is 0.267. The Hall–Kier alpha value is -3.26. The Morgan fingerprint density at radius 2 is 2.21 bits per heavy atom. The van der Waals surface area contributed by atoms with Crippen molar-refractivity contribution >= 4 is 64.4 Å². The van der Waals surface area contributed by atoms with Gasteiger partial charge in [-0.2, -0.15) is 0 Å². The average Bonchev–Trinajstić information content (AvgIpc) is 3.17. The maximum absolute atomic E-state index is 12.6. The molecule has 3 N–H and O–H groups in total. The van der Waals surface area contributed by atoms with Gasteiger partial charge in [0.2, 0.25) is 6.41 Å². The Morgan fingerprint density at radius 1 is 1.45 bits per heavy atom. The van der Waals surface area contributed by atoms with Crippen LogP contribution in [0.15, 0.2) is 21.8 Å². The number of nitrogens with zero attached hydrogens (tertiary/aromatic N) is 3. The highest BCUT2D eigenvalue weighted by Crippen LogP contribution is 2.39. The minimum Gasteiger partial charge on any atom is -0.477 e. The van der Waals surface area contributed by atoms with Crippen LogP contribution in [0.3, 0.4) is 0 Å². The summed E-state index contributed by atoms with van der Waals surface area (Å²) in [7, 11) is 1.22. The molecule has 2 aliphatic heterocycles. The number of β-lactam (4-membered cyclic amide) rings is 1. The van der Waals surface area contributed by atoms with Crippen molar-refractivity contribution in [1.29, 1.82) is 0 Å². The number of carbonyl (C=O) groups is 5. The molecule has 3 rings (SSSR count). The number of hydrogen-bond donors (Lipinski definition) is 3. The summed E-state index contributed by atoms with van der Waals surface area (Å²) in [5.74, 6) is -2.73. The summed E-state index contributed by atoms with van der Waals surface area (Å²) < 4.78 is 0. The Morgan fingerprint density at radius 3 is 2.83 bits per heavy atom. The van der Waals surface area contributed by atoms with E-state index in [4.69, 9.17) is 0 Å². The topological polar surface area (TPSA) is 167 Å². The molecule has 1 fully saturated rings. The number of thioether (sulfide) groups is 1. The van der Waals surface area contributed by atoms with E-state index >= 15 is 0 Å². The van der Waals surface area contributed by atoms with Gasteiger partial charge in [0.05, 0.1) is 0 Å². The van der Waals surface area contributed by atoms with Crippen LogP contribution in [0.4, 0.5) is 5.13 Å². The molecule has 1 aromatic rings. The molecule has 0 aliphatic carbocycles. The van der Waals surface area contributed by atoms with Crippen LogP contribution in [-0.2, 0) is 28.8 Å². The van der Waals surface area contributed by atoms with Crippen molar-refractivity contribution in [2.45, 2.75) is 11.4 Å². The number of fused-ring (bicyclic) bond motifs is 1. The molecule has 152 valence electrons. The van der Waals surface area contributed by atoms with Gasteiger partial charge in [-0.15, -0.1) is 23.1 Å². The molecule has 12 nitrogen and oxygen atoms in total. The van der Waals surface area contributed by atoms with Crippen LogP contribution in [0.25, 0.3) is 0 Å². The van der Waals surface area contributed by atoms with Gasteiger partial charge in [0.1, 0.15) is 36.2 Å². The second kappa shape index (κ2) is 8.40. The molecule has 3 amide bonds. The smallest absolute Gasteiger partial charge is 0.353 e. The molecular weight excluding hydrogens is 426 g/mol. The SMILES string of the molecule is CON=C(C(=O)NC1C(=O)N2C(C(=O)O)=C(C=O)CS[C@H]12)c1csc(NC=O)n1. The van der Waals surface area contributed by atoms with Gasteiger partial charge < -0.3 is 20.6 Å². The third-order valence-electron chi connectivity index (χ3n) is 3.96. The lowest BCUT2D eigenvalue weighted by Crippen LogP contribution is -2.71. The first-order valence-corrected chi connectivity index (χ1v) is 9.80. The molecular formula is C15H13N5O7S2. The molecule has 0 spiro atoms. The highest BCUT2D eigenvalue weighted by atomic mass is 32.2. The molecule has 0 aromatic carbocycles. The molecule has 29 heavy (non-hydrogen) atoms. The van der Waals surface area contributed by atoms with Crippen molar-refractivity contribution in [3.05, 3.63) is 22.3 Å². The summed E-state index contributed by atoms with van der Waals surface area (Å²) in [5, 5.41) is 18.8. The highest BCUT2D eigenvalue weighted by molar-refractivity contribution is 8.00. The number of aromatic nitrogens is 1. The second-order valence-electron chi connectivity index (χ2n) is 5.58. The number of thiazole rings is 1. The van der Waals surface area contributed by atoms with Gasteiger partial charge in [-0.05, 0) is 0 Å². The van der Waals surface area contributed by atoms with Crippen LogP contribution in [0.1, 0.15) is 5.69 Å². The number of anilines is 1. The van der Waals surface area contributed by atoms with Crippen molar-refractivity contribution in [3.8, 4) is 0 Å². The number of carbonyl (C=O) groups excluding carboxylic acids is 4. The third-order valence-corrected chi connectivity index (χ3v) is 6.03. The van der Waals surface area contributed by atoms with Crippen molar-refractivity contribution in [2.75, 3.05) is 18.2 Å². The summed E-state index contributed by atoms with van der Waals surface area (Å²) in [6.45, 7) is 0. The lowest BCUT2D eigenvalue weighted by atomic mass is 10.0. The maximum Gasteiger partial charge on any atom is 0.353 e. The van der Waals surface area contributed by atoms with E-state index in [-0.39, 0.29) is 33.6 Å². The van der Waals surface area contributed by atoms with E-state index in [1.165, 1.54) is 12.5 Å². The lowest BCUT2D eigenvalue weighted by Gasteiger charge is -2.48. The molecule has 3 heterocycles. The number of oxime groups is 1.